The van der Waals surface area contributed by atoms with Crippen LogP contribution >= 0.6 is 10.7 Å². The largest absolute Gasteiger partial charge is 0.407 e. The van der Waals surface area contributed by atoms with Gasteiger partial charge in [-0.15, -0.1) is 10.2 Å². The van der Waals surface area contributed by atoms with Gasteiger partial charge in [-0.2, -0.15) is 26.3 Å². The highest BCUT2D eigenvalue weighted by Gasteiger charge is 2.60. The van der Waals surface area contributed by atoms with Crippen molar-refractivity contribution < 1.29 is 34.8 Å². The van der Waals surface area contributed by atoms with E-state index in [9.17, 15) is 34.8 Å². The number of nitrogens with zero attached hydrogens (tertiary/aromatic N) is 3. The standard InChI is InChI=1S/C6H4ClF6N3O2S/c1-16-3(14-15-4(16)19(7,17)18)2(5(8,9)10)6(11,12)13/h2H,1H3. The lowest BCUT2D eigenvalue weighted by atomic mass is 10.1. The van der Waals surface area contributed by atoms with Crippen molar-refractivity contribution in [1.82, 2.24) is 14.8 Å². The molecule has 0 aliphatic heterocycles. The smallest absolute Gasteiger partial charge is 0.303 e. The van der Waals surface area contributed by atoms with Gasteiger partial charge in [-0.05, 0) is 0 Å². The fourth-order valence-electron chi connectivity index (χ4n) is 1.27. The summed E-state index contributed by atoms with van der Waals surface area (Å²) in [4.78, 5) is 0. The molecule has 0 bridgehead atoms. The highest BCUT2D eigenvalue weighted by molar-refractivity contribution is 8.13. The molecule has 0 amide bonds. The number of hydrogen-bond acceptors (Lipinski definition) is 4. The van der Waals surface area contributed by atoms with Crippen molar-refractivity contribution >= 4 is 19.7 Å². The van der Waals surface area contributed by atoms with Gasteiger partial charge in [0.1, 0.15) is 0 Å². The molecule has 1 aromatic rings. The Balaban J connectivity index is 3.48. The number of alkyl halides is 6. The van der Waals surface area contributed by atoms with Crippen LogP contribution in [0, 0.1) is 0 Å². The zero-order valence-electron chi connectivity index (χ0n) is 8.79. The third kappa shape index (κ3) is 3.29. The first-order chi connectivity index (χ1) is 8.26. The van der Waals surface area contributed by atoms with E-state index in [-0.39, 0.29) is 4.57 Å². The Morgan fingerprint density at radius 3 is 1.79 bits per heavy atom. The molecule has 0 aliphatic rings. The van der Waals surface area contributed by atoms with Crippen molar-refractivity contribution in [3.63, 3.8) is 0 Å². The molecule has 0 N–H and O–H groups in total. The monoisotopic (exact) mass is 331 g/mol. The second-order valence-corrected chi connectivity index (χ2v) is 5.81. The van der Waals surface area contributed by atoms with E-state index < -0.39 is 38.3 Å². The SMILES string of the molecule is Cn1c(C(C(F)(F)F)C(F)(F)F)nnc1S(=O)(=O)Cl. The maximum Gasteiger partial charge on any atom is 0.407 e. The molecule has 13 heteroatoms. The summed E-state index contributed by atoms with van der Waals surface area (Å²) in [6, 6.07) is 0. The topological polar surface area (TPSA) is 64.8 Å². The third-order valence-corrected chi connectivity index (χ3v) is 3.21. The Kier molecular flexibility index (Phi) is 3.80. The van der Waals surface area contributed by atoms with E-state index in [1.807, 2.05) is 0 Å². The highest BCUT2D eigenvalue weighted by atomic mass is 35.7. The fourth-order valence-corrected chi connectivity index (χ4v) is 2.23. The maximum absolute atomic E-state index is 12.4. The van der Waals surface area contributed by atoms with Gasteiger partial charge in [-0.25, -0.2) is 8.42 Å². The summed E-state index contributed by atoms with van der Waals surface area (Å²) >= 11 is 0. The number of rotatable bonds is 2. The van der Waals surface area contributed by atoms with E-state index in [0.29, 0.717) is 7.05 Å². The molecule has 1 heterocycles. The molecular formula is C6H4ClF6N3O2S. The van der Waals surface area contributed by atoms with Gasteiger partial charge in [-0.1, -0.05) is 0 Å². The summed E-state index contributed by atoms with van der Waals surface area (Å²) in [5, 5.41) is 4.15. The van der Waals surface area contributed by atoms with Crippen LogP contribution in [-0.2, 0) is 16.1 Å². The first-order valence-electron chi connectivity index (χ1n) is 4.23. The average Bonchev–Trinajstić information content (AvgIpc) is 2.41. The van der Waals surface area contributed by atoms with E-state index in [4.69, 9.17) is 10.7 Å². The van der Waals surface area contributed by atoms with E-state index in [1.54, 1.807) is 0 Å². The van der Waals surface area contributed by atoms with Gasteiger partial charge in [0.05, 0.1) is 0 Å². The lowest BCUT2D eigenvalue weighted by Gasteiger charge is -2.21. The quantitative estimate of drug-likeness (QED) is 0.614. The van der Waals surface area contributed by atoms with Crippen LogP contribution in [0.4, 0.5) is 26.3 Å². The number of halogens is 7. The van der Waals surface area contributed by atoms with E-state index >= 15 is 0 Å². The second kappa shape index (κ2) is 4.51. The van der Waals surface area contributed by atoms with Crippen molar-refractivity contribution in [2.24, 2.45) is 7.05 Å². The summed E-state index contributed by atoms with van der Waals surface area (Å²) in [5.41, 5.74) is 0. The molecule has 110 valence electrons. The van der Waals surface area contributed by atoms with Crippen LogP contribution in [0.5, 0.6) is 0 Å². The third-order valence-electron chi connectivity index (χ3n) is 2.00. The molecule has 0 aromatic carbocycles. The van der Waals surface area contributed by atoms with Crippen molar-refractivity contribution in [2.75, 3.05) is 0 Å². The Bertz CT molecular complexity index is 563. The summed E-state index contributed by atoms with van der Waals surface area (Å²) in [5.74, 6) is -5.57. The number of hydrogen-bond donors (Lipinski definition) is 0. The van der Waals surface area contributed by atoms with Crippen LogP contribution in [0.2, 0.25) is 0 Å². The first-order valence-corrected chi connectivity index (χ1v) is 6.54. The van der Waals surface area contributed by atoms with Crippen LogP contribution < -0.4 is 0 Å². The van der Waals surface area contributed by atoms with Gasteiger partial charge in [0.25, 0.3) is 14.2 Å². The summed E-state index contributed by atoms with van der Waals surface area (Å²) in [6.07, 6.45) is -11.4. The molecule has 0 fully saturated rings. The summed E-state index contributed by atoms with van der Waals surface area (Å²) < 4.78 is 96.2. The van der Waals surface area contributed by atoms with Gasteiger partial charge in [-0.3, -0.25) is 0 Å². The van der Waals surface area contributed by atoms with Crippen molar-refractivity contribution in [2.45, 2.75) is 23.4 Å². The van der Waals surface area contributed by atoms with Gasteiger partial charge in [0, 0.05) is 17.7 Å². The number of aromatic nitrogens is 3. The van der Waals surface area contributed by atoms with Crippen LogP contribution in [-0.4, -0.2) is 35.5 Å². The highest BCUT2D eigenvalue weighted by Crippen LogP contribution is 2.45. The lowest BCUT2D eigenvalue weighted by molar-refractivity contribution is -0.256. The molecule has 0 saturated carbocycles. The Morgan fingerprint density at radius 1 is 1.11 bits per heavy atom. The fraction of sp³-hybridized carbons (Fsp3) is 0.667. The predicted molar refractivity (Wildman–Crippen MR) is 48.9 cm³/mol. The molecule has 0 unspecified atom stereocenters. The van der Waals surface area contributed by atoms with E-state index in [0.717, 1.165) is 0 Å². The zero-order chi connectivity index (χ0) is 15.2. The van der Waals surface area contributed by atoms with Crippen molar-refractivity contribution in [3.8, 4) is 0 Å². The second-order valence-electron chi connectivity index (χ2n) is 3.35. The first kappa shape index (κ1) is 16.0. The molecule has 0 saturated heterocycles. The molecule has 0 spiro atoms. The van der Waals surface area contributed by atoms with Gasteiger partial charge in [0.2, 0.25) is 5.92 Å². The van der Waals surface area contributed by atoms with Crippen molar-refractivity contribution in [3.05, 3.63) is 5.82 Å². The zero-order valence-corrected chi connectivity index (χ0v) is 10.4. The molecule has 1 rings (SSSR count). The van der Waals surface area contributed by atoms with Crippen LogP contribution in [0.15, 0.2) is 5.16 Å². The van der Waals surface area contributed by atoms with Gasteiger partial charge < -0.3 is 4.57 Å². The maximum atomic E-state index is 12.4. The molecule has 1 aromatic heterocycles. The van der Waals surface area contributed by atoms with E-state index in [1.165, 1.54) is 0 Å². The normalized spacial score (nSPS) is 14.2. The minimum atomic E-state index is -5.70. The molecule has 0 atom stereocenters. The molecule has 0 aliphatic carbocycles. The molecule has 0 radical (unpaired) electrons. The lowest BCUT2D eigenvalue weighted by Crippen LogP contribution is -2.36. The van der Waals surface area contributed by atoms with Crippen LogP contribution in [0.1, 0.15) is 11.7 Å². The minimum absolute atomic E-state index is 0.0357. The summed E-state index contributed by atoms with van der Waals surface area (Å²) in [6.45, 7) is 0. The Hall–Kier alpha value is -1.04. The van der Waals surface area contributed by atoms with Crippen molar-refractivity contribution in [1.29, 1.82) is 0 Å². The Labute approximate surface area is 106 Å². The minimum Gasteiger partial charge on any atom is -0.303 e. The van der Waals surface area contributed by atoms with Crippen LogP contribution in [0.3, 0.4) is 0 Å². The van der Waals surface area contributed by atoms with Gasteiger partial charge in [0.15, 0.2) is 5.82 Å². The van der Waals surface area contributed by atoms with Gasteiger partial charge >= 0.3 is 12.4 Å². The molecule has 19 heavy (non-hydrogen) atoms. The predicted octanol–water partition coefficient (Wildman–Crippen LogP) is 1.95. The molecular weight excluding hydrogens is 328 g/mol. The Morgan fingerprint density at radius 2 is 1.53 bits per heavy atom. The summed E-state index contributed by atoms with van der Waals surface area (Å²) in [7, 11) is 0.820. The van der Waals surface area contributed by atoms with E-state index in [2.05, 4.69) is 10.2 Å². The molecule has 5 nitrogen and oxygen atoms in total. The average molecular weight is 332 g/mol. The van der Waals surface area contributed by atoms with Crippen LogP contribution in [0.25, 0.3) is 0 Å².